The number of aryl methyl sites for hydroxylation is 3. The summed E-state index contributed by atoms with van der Waals surface area (Å²) in [5.41, 5.74) is 5.46. The summed E-state index contributed by atoms with van der Waals surface area (Å²) < 4.78 is 0. The Morgan fingerprint density at radius 2 is 1.67 bits per heavy atom. The SMILES string of the molecule is CC[C@@H](NC(=O)c1ccc(C)c(C)c1)c1ccc(C)cc1. The van der Waals surface area contributed by atoms with Crippen LogP contribution in [0.15, 0.2) is 42.5 Å². The minimum absolute atomic E-state index is 0.00877. The van der Waals surface area contributed by atoms with Gasteiger partial charge < -0.3 is 5.32 Å². The van der Waals surface area contributed by atoms with E-state index in [9.17, 15) is 4.79 Å². The van der Waals surface area contributed by atoms with Crippen LogP contribution < -0.4 is 5.32 Å². The first kappa shape index (κ1) is 15.3. The molecule has 0 radical (unpaired) electrons. The molecule has 0 saturated heterocycles. The molecular formula is C19H23NO. The lowest BCUT2D eigenvalue weighted by atomic mass is 10.0. The van der Waals surface area contributed by atoms with Gasteiger partial charge in [0, 0.05) is 5.56 Å². The van der Waals surface area contributed by atoms with Gasteiger partial charge in [0.15, 0.2) is 0 Å². The summed E-state index contributed by atoms with van der Waals surface area (Å²) in [6.45, 7) is 8.24. The number of nitrogens with one attached hydrogen (secondary N) is 1. The highest BCUT2D eigenvalue weighted by molar-refractivity contribution is 5.94. The first-order valence-electron chi connectivity index (χ1n) is 7.46. The van der Waals surface area contributed by atoms with Gasteiger partial charge in [0.05, 0.1) is 6.04 Å². The fraction of sp³-hybridized carbons (Fsp3) is 0.316. The van der Waals surface area contributed by atoms with Gasteiger partial charge in [-0.3, -0.25) is 4.79 Å². The van der Waals surface area contributed by atoms with Crippen molar-refractivity contribution in [3.05, 3.63) is 70.3 Å². The third-order valence-electron chi connectivity index (χ3n) is 3.96. The van der Waals surface area contributed by atoms with E-state index in [2.05, 4.69) is 50.4 Å². The predicted octanol–water partition coefficient (Wildman–Crippen LogP) is 4.49. The maximum atomic E-state index is 12.4. The average molecular weight is 281 g/mol. The molecule has 2 nitrogen and oxygen atoms in total. The van der Waals surface area contributed by atoms with Crippen molar-refractivity contribution >= 4 is 5.91 Å². The van der Waals surface area contributed by atoms with E-state index >= 15 is 0 Å². The first-order valence-corrected chi connectivity index (χ1v) is 7.46. The van der Waals surface area contributed by atoms with Gasteiger partial charge in [0.25, 0.3) is 5.91 Å². The fourth-order valence-corrected chi connectivity index (χ4v) is 2.34. The highest BCUT2D eigenvalue weighted by atomic mass is 16.1. The molecule has 0 saturated carbocycles. The zero-order valence-corrected chi connectivity index (χ0v) is 13.2. The molecule has 0 heterocycles. The Kier molecular flexibility index (Phi) is 4.79. The van der Waals surface area contributed by atoms with Gasteiger partial charge in [-0.05, 0) is 56.0 Å². The summed E-state index contributed by atoms with van der Waals surface area (Å²) in [7, 11) is 0. The standard InChI is InChI=1S/C19H23NO/c1-5-18(16-9-6-13(2)7-10-16)20-19(21)17-11-8-14(3)15(4)12-17/h6-12,18H,5H2,1-4H3,(H,20,21)/t18-/m1/s1. The molecule has 1 atom stereocenters. The van der Waals surface area contributed by atoms with Crippen molar-refractivity contribution in [1.29, 1.82) is 0 Å². The Balaban J connectivity index is 2.15. The van der Waals surface area contributed by atoms with Gasteiger partial charge in [0.2, 0.25) is 0 Å². The zero-order valence-electron chi connectivity index (χ0n) is 13.2. The number of carbonyl (C=O) groups excluding carboxylic acids is 1. The topological polar surface area (TPSA) is 29.1 Å². The third-order valence-corrected chi connectivity index (χ3v) is 3.96. The van der Waals surface area contributed by atoms with Crippen LogP contribution in [0.2, 0.25) is 0 Å². The molecule has 0 aliphatic heterocycles. The molecule has 2 aromatic carbocycles. The second-order valence-corrected chi connectivity index (χ2v) is 5.64. The number of carbonyl (C=O) groups is 1. The quantitative estimate of drug-likeness (QED) is 0.878. The highest BCUT2D eigenvalue weighted by Crippen LogP contribution is 2.18. The third kappa shape index (κ3) is 3.72. The van der Waals surface area contributed by atoms with Crippen molar-refractivity contribution in [2.75, 3.05) is 0 Å². The van der Waals surface area contributed by atoms with Crippen LogP contribution in [0.4, 0.5) is 0 Å². The van der Waals surface area contributed by atoms with Gasteiger partial charge in [-0.1, -0.05) is 42.8 Å². The van der Waals surface area contributed by atoms with Crippen molar-refractivity contribution in [3.8, 4) is 0 Å². The van der Waals surface area contributed by atoms with Gasteiger partial charge in [-0.2, -0.15) is 0 Å². The summed E-state index contributed by atoms with van der Waals surface area (Å²) in [4.78, 5) is 12.4. The smallest absolute Gasteiger partial charge is 0.251 e. The van der Waals surface area contributed by atoms with Crippen LogP contribution in [-0.4, -0.2) is 5.91 Å². The Morgan fingerprint density at radius 3 is 2.24 bits per heavy atom. The molecule has 0 aliphatic rings. The van der Waals surface area contributed by atoms with Crippen LogP contribution in [0.25, 0.3) is 0 Å². The second-order valence-electron chi connectivity index (χ2n) is 5.64. The number of rotatable bonds is 4. The molecule has 0 bridgehead atoms. The van der Waals surface area contributed by atoms with Crippen molar-refractivity contribution in [1.82, 2.24) is 5.32 Å². The fourth-order valence-electron chi connectivity index (χ4n) is 2.34. The molecule has 0 aromatic heterocycles. The molecular weight excluding hydrogens is 258 g/mol. The molecule has 21 heavy (non-hydrogen) atoms. The Morgan fingerprint density at radius 1 is 1.00 bits per heavy atom. The Labute approximate surface area is 127 Å². The number of hydrogen-bond donors (Lipinski definition) is 1. The molecule has 0 unspecified atom stereocenters. The molecule has 0 spiro atoms. The monoisotopic (exact) mass is 281 g/mol. The van der Waals surface area contributed by atoms with Crippen LogP contribution in [0.1, 0.15) is 52.0 Å². The number of amides is 1. The van der Waals surface area contributed by atoms with E-state index in [0.29, 0.717) is 0 Å². The van der Waals surface area contributed by atoms with Crippen LogP contribution >= 0.6 is 0 Å². The van der Waals surface area contributed by atoms with E-state index in [4.69, 9.17) is 0 Å². The molecule has 110 valence electrons. The van der Waals surface area contributed by atoms with Crippen LogP contribution in [0, 0.1) is 20.8 Å². The van der Waals surface area contributed by atoms with Crippen molar-refractivity contribution in [2.24, 2.45) is 0 Å². The number of benzene rings is 2. The summed E-state index contributed by atoms with van der Waals surface area (Å²) in [5, 5.41) is 3.13. The molecule has 1 amide bonds. The lowest BCUT2D eigenvalue weighted by molar-refractivity contribution is 0.0935. The molecule has 1 N–H and O–H groups in total. The van der Waals surface area contributed by atoms with Crippen LogP contribution in [0.3, 0.4) is 0 Å². The van der Waals surface area contributed by atoms with Crippen molar-refractivity contribution in [3.63, 3.8) is 0 Å². The zero-order chi connectivity index (χ0) is 15.4. The van der Waals surface area contributed by atoms with Crippen LogP contribution in [-0.2, 0) is 0 Å². The Bertz CT molecular complexity index is 629. The van der Waals surface area contributed by atoms with E-state index in [0.717, 1.165) is 23.1 Å². The van der Waals surface area contributed by atoms with Gasteiger partial charge >= 0.3 is 0 Å². The molecule has 0 aliphatic carbocycles. The molecule has 2 aromatic rings. The molecule has 2 rings (SSSR count). The van der Waals surface area contributed by atoms with Gasteiger partial charge in [-0.25, -0.2) is 0 Å². The number of hydrogen-bond acceptors (Lipinski definition) is 1. The first-order chi connectivity index (χ1) is 10.0. The summed E-state index contributed by atoms with van der Waals surface area (Å²) >= 11 is 0. The van der Waals surface area contributed by atoms with Crippen LogP contribution in [0.5, 0.6) is 0 Å². The lowest BCUT2D eigenvalue weighted by Gasteiger charge is -2.18. The van der Waals surface area contributed by atoms with Crippen molar-refractivity contribution in [2.45, 2.75) is 40.2 Å². The minimum Gasteiger partial charge on any atom is -0.345 e. The molecule has 2 heteroatoms. The minimum atomic E-state index is -0.00877. The summed E-state index contributed by atoms with van der Waals surface area (Å²) in [6, 6.07) is 14.2. The maximum Gasteiger partial charge on any atom is 0.251 e. The average Bonchev–Trinajstić information content (AvgIpc) is 2.48. The van der Waals surface area contributed by atoms with E-state index < -0.39 is 0 Å². The predicted molar refractivity (Wildman–Crippen MR) is 87.6 cm³/mol. The Hall–Kier alpha value is -2.09. The van der Waals surface area contributed by atoms with Gasteiger partial charge in [0.1, 0.15) is 0 Å². The largest absolute Gasteiger partial charge is 0.345 e. The summed E-state index contributed by atoms with van der Waals surface area (Å²) in [6.07, 6.45) is 0.875. The summed E-state index contributed by atoms with van der Waals surface area (Å²) in [5.74, 6) is -0.00877. The van der Waals surface area contributed by atoms with E-state index in [-0.39, 0.29) is 11.9 Å². The second kappa shape index (κ2) is 6.57. The van der Waals surface area contributed by atoms with E-state index in [1.165, 1.54) is 11.1 Å². The highest BCUT2D eigenvalue weighted by Gasteiger charge is 2.14. The van der Waals surface area contributed by atoms with Gasteiger partial charge in [-0.15, -0.1) is 0 Å². The van der Waals surface area contributed by atoms with Crippen molar-refractivity contribution < 1.29 is 4.79 Å². The maximum absolute atomic E-state index is 12.4. The molecule has 0 fully saturated rings. The van der Waals surface area contributed by atoms with E-state index in [1.807, 2.05) is 25.1 Å². The van der Waals surface area contributed by atoms with E-state index in [1.54, 1.807) is 0 Å². The normalized spacial score (nSPS) is 12.0. The lowest BCUT2D eigenvalue weighted by Crippen LogP contribution is -2.28.